The molecule has 1 aromatic carbocycles. The van der Waals surface area contributed by atoms with Gasteiger partial charge < -0.3 is 0 Å². The molecule has 0 radical (unpaired) electrons. The van der Waals surface area contributed by atoms with Gasteiger partial charge in [0.15, 0.2) is 0 Å². The first kappa shape index (κ1) is 22.5. The van der Waals surface area contributed by atoms with E-state index >= 15 is 0 Å². The predicted octanol–water partition coefficient (Wildman–Crippen LogP) is 3.63. The van der Waals surface area contributed by atoms with E-state index < -0.39 is 38.4 Å². The van der Waals surface area contributed by atoms with E-state index in [4.69, 9.17) is 0 Å². The van der Waals surface area contributed by atoms with E-state index in [0.29, 0.717) is 6.54 Å². The molecule has 0 amide bonds. The fraction of sp³-hybridized carbons (Fsp3) is 0.389. The zero-order valence-corrected chi connectivity index (χ0v) is 16.2. The summed E-state index contributed by atoms with van der Waals surface area (Å²) in [4.78, 5) is 4.82. The Hall–Kier alpha value is -2.18. The SMILES string of the molecule is O=S(=O)(c1cc(C(F)(F)F)cc(C(F)(F)F)c1)N1CCN(Cc2ccncc2)CC1. The van der Waals surface area contributed by atoms with Crippen molar-refractivity contribution < 1.29 is 34.8 Å². The van der Waals surface area contributed by atoms with Gasteiger partial charge in [-0.1, -0.05) is 0 Å². The molecule has 1 fully saturated rings. The van der Waals surface area contributed by atoms with Gasteiger partial charge in [0, 0.05) is 45.1 Å². The molecular formula is C18H17F6N3O2S. The zero-order chi connectivity index (χ0) is 22.2. The summed E-state index contributed by atoms with van der Waals surface area (Å²) in [6, 6.07) is 3.99. The Morgan fingerprint density at radius 3 is 1.80 bits per heavy atom. The van der Waals surface area contributed by atoms with Crippen LogP contribution < -0.4 is 0 Å². The molecule has 2 heterocycles. The van der Waals surface area contributed by atoms with Crippen LogP contribution in [0.4, 0.5) is 26.3 Å². The van der Waals surface area contributed by atoms with Crippen molar-refractivity contribution >= 4 is 10.0 Å². The standard InChI is InChI=1S/C18H17F6N3O2S/c19-17(20,21)14-9-15(18(22,23)24)11-16(10-14)30(28,29)27-7-5-26(6-8-27)12-13-1-3-25-4-2-13/h1-4,9-11H,5-8,12H2. The summed E-state index contributed by atoms with van der Waals surface area (Å²) in [6.07, 6.45) is -7.01. The Morgan fingerprint density at radius 2 is 1.33 bits per heavy atom. The summed E-state index contributed by atoms with van der Waals surface area (Å²) in [7, 11) is -4.53. The van der Waals surface area contributed by atoms with Gasteiger partial charge in [0.05, 0.1) is 16.0 Å². The average Bonchev–Trinajstić information content (AvgIpc) is 2.67. The lowest BCUT2D eigenvalue weighted by atomic mass is 10.1. The number of piperazine rings is 1. The van der Waals surface area contributed by atoms with Crippen molar-refractivity contribution in [2.75, 3.05) is 26.2 Å². The number of pyridine rings is 1. The monoisotopic (exact) mass is 453 g/mol. The third kappa shape index (κ3) is 5.10. The molecular weight excluding hydrogens is 436 g/mol. The van der Waals surface area contributed by atoms with Gasteiger partial charge in [-0.25, -0.2) is 8.42 Å². The number of hydrogen-bond acceptors (Lipinski definition) is 4. The Labute approximate surface area is 169 Å². The van der Waals surface area contributed by atoms with Crippen LogP contribution in [0.2, 0.25) is 0 Å². The number of benzene rings is 1. The second kappa shape index (κ2) is 8.16. The molecule has 1 aromatic heterocycles. The number of alkyl halides is 6. The van der Waals surface area contributed by atoms with E-state index in [-0.39, 0.29) is 44.4 Å². The van der Waals surface area contributed by atoms with Gasteiger partial charge in [0.1, 0.15) is 0 Å². The highest BCUT2D eigenvalue weighted by atomic mass is 32.2. The van der Waals surface area contributed by atoms with Crippen molar-refractivity contribution in [3.05, 3.63) is 59.4 Å². The van der Waals surface area contributed by atoms with Gasteiger partial charge in [-0.3, -0.25) is 9.88 Å². The second-order valence-corrected chi connectivity index (χ2v) is 8.72. The van der Waals surface area contributed by atoms with Gasteiger partial charge in [0.2, 0.25) is 10.0 Å². The first-order valence-corrected chi connectivity index (χ1v) is 10.2. The van der Waals surface area contributed by atoms with Gasteiger partial charge in [0.25, 0.3) is 0 Å². The van der Waals surface area contributed by atoms with E-state index in [1.807, 2.05) is 4.90 Å². The third-order valence-electron chi connectivity index (χ3n) is 4.69. The molecule has 0 spiro atoms. The highest BCUT2D eigenvalue weighted by Crippen LogP contribution is 2.37. The third-order valence-corrected chi connectivity index (χ3v) is 6.56. The molecule has 1 aliphatic rings. The first-order valence-electron chi connectivity index (χ1n) is 8.78. The number of hydrogen-bond donors (Lipinski definition) is 0. The molecule has 0 atom stereocenters. The lowest BCUT2D eigenvalue weighted by molar-refractivity contribution is -0.143. The van der Waals surface area contributed by atoms with Crippen molar-refractivity contribution in [3.8, 4) is 0 Å². The topological polar surface area (TPSA) is 53.5 Å². The number of rotatable bonds is 4. The predicted molar refractivity (Wildman–Crippen MR) is 94.7 cm³/mol. The van der Waals surface area contributed by atoms with E-state index in [2.05, 4.69) is 4.98 Å². The van der Waals surface area contributed by atoms with Crippen LogP contribution in [0, 0.1) is 0 Å². The van der Waals surface area contributed by atoms with Gasteiger partial charge >= 0.3 is 12.4 Å². The lowest BCUT2D eigenvalue weighted by Crippen LogP contribution is -2.48. The Bertz CT molecular complexity index is 953. The fourth-order valence-electron chi connectivity index (χ4n) is 3.10. The van der Waals surface area contributed by atoms with Gasteiger partial charge in [-0.05, 0) is 35.9 Å². The number of nitrogens with zero attached hydrogens (tertiary/aromatic N) is 3. The molecule has 30 heavy (non-hydrogen) atoms. The van der Waals surface area contributed by atoms with Crippen LogP contribution in [0.15, 0.2) is 47.6 Å². The molecule has 1 saturated heterocycles. The molecule has 5 nitrogen and oxygen atoms in total. The Balaban J connectivity index is 1.82. The average molecular weight is 453 g/mol. The highest BCUT2D eigenvalue weighted by molar-refractivity contribution is 7.89. The highest BCUT2D eigenvalue weighted by Gasteiger charge is 2.39. The van der Waals surface area contributed by atoms with E-state index in [9.17, 15) is 34.8 Å². The molecule has 0 N–H and O–H groups in total. The number of aromatic nitrogens is 1. The molecule has 164 valence electrons. The van der Waals surface area contributed by atoms with Crippen LogP contribution in [0.25, 0.3) is 0 Å². The van der Waals surface area contributed by atoms with Crippen molar-refractivity contribution in [1.29, 1.82) is 0 Å². The molecule has 0 saturated carbocycles. The van der Waals surface area contributed by atoms with Crippen molar-refractivity contribution in [2.24, 2.45) is 0 Å². The summed E-state index contributed by atoms with van der Waals surface area (Å²) in [5.74, 6) is 0. The fourth-order valence-corrected chi connectivity index (χ4v) is 4.59. The molecule has 0 aliphatic carbocycles. The Morgan fingerprint density at radius 1 is 0.833 bits per heavy atom. The van der Waals surface area contributed by atoms with Crippen LogP contribution >= 0.6 is 0 Å². The minimum atomic E-state index is -5.12. The molecule has 0 unspecified atom stereocenters. The minimum Gasteiger partial charge on any atom is -0.296 e. The summed E-state index contributed by atoms with van der Waals surface area (Å²) in [5, 5.41) is 0. The molecule has 1 aliphatic heterocycles. The Kier molecular flexibility index (Phi) is 6.12. The van der Waals surface area contributed by atoms with Gasteiger partial charge in [-0.2, -0.15) is 30.6 Å². The largest absolute Gasteiger partial charge is 0.416 e. The number of halogens is 6. The molecule has 2 aromatic rings. The first-order chi connectivity index (χ1) is 13.9. The molecule has 12 heteroatoms. The van der Waals surface area contributed by atoms with Crippen LogP contribution in [-0.2, 0) is 28.9 Å². The zero-order valence-electron chi connectivity index (χ0n) is 15.4. The summed E-state index contributed by atoms with van der Waals surface area (Å²) in [6.45, 7) is 0.994. The minimum absolute atomic E-state index is 0.0506. The summed E-state index contributed by atoms with van der Waals surface area (Å²) in [5.41, 5.74) is -2.37. The van der Waals surface area contributed by atoms with E-state index in [1.165, 1.54) is 0 Å². The van der Waals surface area contributed by atoms with Crippen molar-refractivity contribution in [3.63, 3.8) is 0 Å². The normalized spacial score (nSPS) is 17.3. The summed E-state index contributed by atoms with van der Waals surface area (Å²) >= 11 is 0. The molecule has 0 bridgehead atoms. The quantitative estimate of drug-likeness (QED) is 0.664. The van der Waals surface area contributed by atoms with Crippen LogP contribution in [-0.4, -0.2) is 48.8 Å². The lowest BCUT2D eigenvalue weighted by Gasteiger charge is -2.34. The number of sulfonamides is 1. The van der Waals surface area contributed by atoms with Crippen LogP contribution in [0.3, 0.4) is 0 Å². The summed E-state index contributed by atoms with van der Waals surface area (Å²) < 4.78 is 105. The maximum Gasteiger partial charge on any atom is 0.416 e. The van der Waals surface area contributed by atoms with Gasteiger partial charge in [-0.15, -0.1) is 0 Å². The van der Waals surface area contributed by atoms with E-state index in [0.717, 1.165) is 9.87 Å². The van der Waals surface area contributed by atoms with E-state index in [1.54, 1.807) is 24.5 Å². The van der Waals surface area contributed by atoms with Crippen molar-refractivity contribution in [2.45, 2.75) is 23.8 Å². The second-order valence-electron chi connectivity index (χ2n) is 6.78. The maximum absolute atomic E-state index is 13.0. The van der Waals surface area contributed by atoms with Crippen LogP contribution in [0.5, 0.6) is 0 Å². The molecule has 3 rings (SSSR count). The van der Waals surface area contributed by atoms with Crippen LogP contribution in [0.1, 0.15) is 16.7 Å². The smallest absolute Gasteiger partial charge is 0.296 e. The maximum atomic E-state index is 13.0. The van der Waals surface area contributed by atoms with Crippen molar-refractivity contribution in [1.82, 2.24) is 14.2 Å².